The van der Waals surface area contributed by atoms with Crippen LogP contribution in [0, 0.1) is 11.3 Å². The third kappa shape index (κ3) is 2.88. The molecule has 25 heavy (non-hydrogen) atoms. The smallest absolute Gasteiger partial charge is 0.263 e. The second-order valence-electron chi connectivity index (χ2n) is 5.58. The van der Waals surface area contributed by atoms with Gasteiger partial charge in [0.2, 0.25) is 0 Å². The van der Waals surface area contributed by atoms with E-state index in [1.54, 1.807) is 31.2 Å². The van der Waals surface area contributed by atoms with Crippen LogP contribution < -0.4 is 0 Å². The number of hydrogen-bond donors (Lipinski definition) is 0. The van der Waals surface area contributed by atoms with Crippen molar-refractivity contribution < 1.29 is 14.4 Å². The zero-order valence-electron chi connectivity index (χ0n) is 13.6. The molecule has 1 fully saturated rings. The lowest BCUT2D eigenvalue weighted by molar-refractivity contribution is -0.143. The zero-order chi connectivity index (χ0) is 18.0. The molecule has 6 heteroatoms. The number of amides is 4. The average Bonchev–Trinajstić information content (AvgIpc) is 2.85. The van der Waals surface area contributed by atoms with E-state index in [-0.39, 0.29) is 13.1 Å². The molecule has 0 saturated carbocycles. The van der Waals surface area contributed by atoms with Crippen molar-refractivity contribution >= 4 is 17.8 Å². The maximum Gasteiger partial charge on any atom is 0.334 e. The molecule has 124 valence electrons. The lowest BCUT2D eigenvalue weighted by atomic mass is 9.99. The Labute approximate surface area is 144 Å². The van der Waals surface area contributed by atoms with Gasteiger partial charge in [-0.1, -0.05) is 42.5 Å². The number of nitriles is 1. The summed E-state index contributed by atoms with van der Waals surface area (Å²) < 4.78 is 0. The van der Waals surface area contributed by atoms with Crippen LogP contribution in [0.3, 0.4) is 0 Å². The van der Waals surface area contributed by atoms with E-state index in [0.29, 0.717) is 5.56 Å². The highest BCUT2D eigenvalue weighted by molar-refractivity contribution is 6.44. The maximum atomic E-state index is 12.1. The Morgan fingerprint density at radius 2 is 1.56 bits per heavy atom. The normalized spacial score (nSPS) is 14.2. The molecule has 0 radical (unpaired) electrons. The summed E-state index contributed by atoms with van der Waals surface area (Å²) in [6.07, 6.45) is 0. The van der Waals surface area contributed by atoms with Gasteiger partial charge in [0, 0.05) is 6.54 Å². The molecule has 0 atom stereocenters. The predicted octanol–water partition coefficient (Wildman–Crippen LogP) is 2.54. The molecule has 3 rings (SSSR count). The third-order valence-corrected chi connectivity index (χ3v) is 4.10. The Balaban J connectivity index is 1.82. The van der Waals surface area contributed by atoms with Gasteiger partial charge in [-0.05, 0) is 29.7 Å². The number of urea groups is 1. The van der Waals surface area contributed by atoms with Crippen molar-refractivity contribution in [1.29, 1.82) is 5.26 Å². The Bertz CT molecular complexity index is 897. The first-order chi connectivity index (χ1) is 12.1. The maximum absolute atomic E-state index is 12.1. The lowest BCUT2D eigenvalue weighted by Crippen LogP contribution is -2.32. The van der Waals surface area contributed by atoms with Gasteiger partial charge in [-0.15, -0.1) is 0 Å². The molecule has 2 aromatic rings. The molecular formula is C19H15N3O3. The predicted molar refractivity (Wildman–Crippen MR) is 89.9 cm³/mol. The van der Waals surface area contributed by atoms with Gasteiger partial charge in [0.05, 0.1) is 18.2 Å². The second kappa shape index (κ2) is 6.57. The fraction of sp³-hybridized carbons (Fsp3) is 0.158. The van der Waals surface area contributed by atoms with Gasteiger partial charge in [-0.2, -0.15) is 5.26 Å². The standard InChI is InChI=1S/C19H15N3O3/c1-2-21-17(23)18(24)22(19(21)25)12-13-7-9-14(10-8-13)16-6-4-3-5-15(16)11-20/h3-10H,2,12H2,1H3. The van der Waals surface area contributed by atoms with Crippen molar-refractivity contribution in [2.75, 3.05) is 6.54 Å². The molecule has 0 N–H and O–H groups in total. The van der Waals surface area contributed by atoms with Gasteiger partial charge in [0.15, 0.2) is 0 Å². The summed E-state index contributed by atoms with van der Waals surface area (Å²) in [5.74, 6) is -1.59. The van der Waals surface area contributed by atoms with E-state index in [2.05, 4.69) is 6.07 Å². The number of nitrogens with zero attached hydrogens (tertiary/aromatic N) is 3. The van der Waals surface area contributed by atoms with E-state index in [1.165, 1.54) is 0 Å². The highest BCUT2D eigenvalue weighted by atomic mass is 16.2. The number of likely N-dealkylation sites (N-methyl/N-ethyl adjacent to an activating group) is 1. The van der Waals surface area contributed by atoms with Crippen molar-refractivity contribution in [3.05, 3.63) is 59.7 Å². The van der Waals surface area contributed by atoms with Gasteiger partial charge in [-0.3, -0.25) is 19.4 Å². The SMILES string of the molecule is CCN1C(=O)C(=O)N(Cc2ccc(-c3ccccc3C#N)cc2)C1=O. The summed E-state index contributed by atoms with van der Waals surface area (Å²) in [4.78, 5) is 37.7. The lowest BCUT2D eigenvalue weighted by Gasteiger charge is -2.14. The third-order valence-electron chi connectivity index (χ3n) is 4.10. The molecule has 4 amide bonds. The van der Waals surface area contributed by atoms with E-state index >= 15 is 0 Å². The number of carbonyl (C=O) groups excluding carboxylic acids is 3. The molecule has 1 saturated heterocycles. The molecule has 6 nitrogen and oxygen atoms in total. The monoisotopic (exact) mass is 333 g/mol. The van der Waals surface area contributed by atoms with E-state index < -0.39 is 17.8 Å². The van der Waals surface area contributed by atoms with Crippen LogP contribution in [-0.2, 0) is 16.1 Å². The number of imide groups is 2. The molecule has 0 aliphatic carbocycles. The molecular weight excluding hydrogens is 318 g/mol. The first kappa shape index (κ1) is 16.4. The van der Waals surface area contributed by atoms with Gasteiger partial charge in [0.1, 0.15) is 0 Å². The topological polar surface area (TPSA) is 81.5 Å². The molecule has 1 heterocycles. The van der Waals surface area contributed by atoms with Gasteiger partial charge in [-0.25, -0.2) is 4.79 Å². The van der Waals surface area contributed by atoms with Crippen LogP contribution in [0.2, 0.25) is 0 Å². The molecule has 1 aliphatic heterocycles. The second-order valence-corrected chi connectivity index (χ2v) is 5.58. The van der Waals surface area contributed by atoms with Gasteiger partial charge < -0.3 is 0 Å². The number of rotatable bonds is 4. The van der Waals surface area contributed by atoms with Crippen LogP contribution in [-0.4, -0.2) is 34.2 Å². The molecule has 0 spiro atoms. The first-order valence-corrected chi connectivity index (χ1v) is 7.82. The van der Waals surface area contributed by atoms with Crippen molar-refractivity contribution in [3.8, 4) is 17.2 Å². The van der Waals surface area contributed by atoms with E-state index in [4.69, 9.17) is 0 Å². The minimum Gasteiger partial charge on any atom is -0.263 e. The quantitative estimate of drug-likeness (QED) is 0.636. The van der Waals surface area contributed by atoms with Gasteiger partial charge in [0.25, 0.3) is 0 Å². The zero-order valence-corrected chi connectivity index (χ0v) is 13.6. The number of carbonyl (C=O) groups is 3. The van der Waals surface area contributed by atoms with Crippen LogP contribution in [0.4, 0.5) is 4.79 Å². The summed E-state index contributed by atoms with van der Waals surface area (Å²) in [7, 11) is 0. The highest BCUT2D eigenvalue weighted by Gasteiger charge is 2.43. The minimum atomic E-state index is -0.800. The first-order valence-electron chi connectivity index (χ1n) is 7.82. The Hall–Kier alpha value is -3.46. The van der Waals surface area contributed by atoms with Crippen molar-refractivity contribution in [3.63, 3.8) is 0 Å². The van der Waals surface area contributed by atoms with E-state index in [9.17, 15) is 19.6 Å². The Kier molecular flexibility index (Phi) is 4.31. The number of benzene rings is 2. The minimum absolute atomic E-state index is 0.0417. The van der Waals surface area contributed by atoms with E-state index in [1.807, 2.05) is 24.3 Å². The summed E-state index contributed by atoms with van der Waals surface area (Å²) in [6.45, 7) is 1.86. The summed E-state index contributed by atoms with van der Waals surface area (Å²) in [5, 5.41) is 9.19. The summed E-state index contributed by atoms with van der Waals surface area (Å²) in [5.41, 5.74) is 2.98. The van der Waals surface area contributed by atoms with Crippen molar-refractivity contribution in [1.82, 2.24) is 9.80 Å². The van der Waals surface area contributed by atoms with E-state index in [0.717, 1.165) is 26.5 Å². The van der Waals surface area contributed by atoms with Gasteiger partial charge >= 0.3 is 17.8 Å². The van der Waals surface area contributed by atoms with Crippen LogP contribution >= 0.6 is 0 Å². The average molecular weight is 333 g/mol. The highest BCUT2D eigenvalue weighted by Crippen LogP contribution is 2.24. The molecule has 0 unspecified atom stereocenters. The fourth-order valence-corrected chi connectivity index (χ4v) is 2.77. The Morgan fingerprint density at radius 1 is 0.920 bits per heavy atom. The largest absolute Gasteiger partial charge is 0.334 e. The van der Waals surface area contributed by atoms with Crippen LogP contribution in [0.15, 0.2) is 48.5 Å². The fourth-order valence-electron chi connectivity index (χ4n) is 2.77. The molecule has 1 aliphatic rings. The number of hydrogen-bond acceptors (Lipinski definition) is 4. The van der Waals surface area contributed by atoms with Crippen LogP contribution in [0.5, 0.6) is 0 Å². The molecule has 0 aromatic heterocycles. The summed E-state index contributed by atoms with van der Waals surface area (Å²) in [6, 6.07) is 16.1. The van der Waals surface area contributed by atoms with Crippen molar-refractivity contribution in [2.24, 2.45) is 0 Å². The molecule has 2 aromatic carbocycles. The van der Waals surface area contributed by atoms with Crippen molar-refractivity contribution in [2.45, 2.75) is 13.5 Å². The van der Waals surface area contributed by atoms with Crippen LogP contribution in [0.1, 0.15) is 18.1 Å². The summed E-state index contributed by atoms with van der Waals surface area (Å²) >= 11 is 0. The molecule has 0 bridgehead atoms. The van der Waals surface area contributed by atoms with Crippen LogP contribution in [0.25, 0.3) is 11.1 Å². The Morgan fingerprint density at radius 3 is 2.16 bits per heavy atom.